The van der Waals surface area contributed by atoms with Gasteiger partial charge in [-0.1, -0.05) is 30.3 Å². The van der Waals surface area contributed by atoms with Crippen molar-refractivity contribution in [3.05, 3.63) is 41.7 Å². The summed E-state index contributed by atoms with van der Waals surface area (Å²) in [4.78, 5) is 24.8. The van der Waals surface area contributed by atoms with Gasteiger partial charge >= 0.3 is 5.97 Å². The van der Waals surface area contributed by atoms with Crippen LogP contribution in [0.25, 0.3) is 6.08 Å². The van der Waals surface area contributed by atoms with E-state index in [0.29, 0.717) is 12.2 Å². The molecule has 1 aromatic rings. The molecule has 0 aromatic heterocycles. The second-order valence-electron chi connectivity index (χ2n) is 4.46. The Kier molecular flexibility index (Phi) is 2.74. The standard InChI is InChI=1S/C14H13NO4/c1-18-14(17)13-10(7-9-5-3-2-4-6-9)19-12-8-11(16)15(12)13/h2-7,12-13H,8H2,1H3/b10-7-. The average molecular weight is 259 g/mol. The number of β-lactam (4-membered cyclic amide) rings is 1. The molecular weight excluding hydrogens is 246 g/mol. The SMILES string of the molecule is COC(=O)C1/C(=C/c2ccccc2)OC2CC(=O)N21. The Morgan fingerprint density at radius 2 is 2.16 bits per heavy atom. The van der Waals surface area contributed by atoms with Crippen LogP contribution in [0.15, 0.2) is 36.1 Å². The lowest BCUT2D eigenvalue weighted by molar-refractivity contribution is -0.164. The number of carbonyl (C=O) groups is 2. The van der Waals surface area contributed by atoms with E-state index >= 15 is 0 Å². The van der Waals surface area contributed by atoms with Gasteiger partial charge in [0.25, 0.3) is 0 Å². The zero-order chi connectivity index (χ0) is 13.4. The molecular formula is C14H13NO4. The number of benzene rings is 1. The van der Waals surface area contributed by atoms with Crippen LogP contribution in [0.3, 0.4) is 0 Å². The molecule has 2 aliphatic heterocycles. The van der Waals surface area contributed by atoms with Crippen LogP contribution < -0.4 is 0 Å². The number of carbonyl (C=O) groups excluding carboxylic acids is 2. The largest absolute Gasteiger partial charge is 0.471 e. The molecule has 98 valence electrons. The lowest BCUT2D eigenvalue weighted by atomic mass is 10.1. The molecule has 2 unspecified atom stereocenters. The van der Waals surface area contributed by atoms with E-state index in [1.54, 1.807) is 6.08 Å². The number of hydrogen-bond acceptors (Lipinski definition) is 4. The Hall–Kier alpha value is -2.30. The van der Waals surface area contributed by atoms with Gasteiger partial charge in [-0.25, -0.2) is 4.79 Å². The molecule has 0 bridgehead atoms. The van der Waals surface area contributed by atoms with Gasteiger partial charge in [0.1, 0.15) is 5.76 Å². The van der Waals surface area contributed by atoms with E-state index in [2.05, 4.69) is 0 Å². The molecule has 2 heterocycles. The van der Waals surface area contributed by atoms with E-state index in [1.807, 2.05) is 30.3 Å². The molecule has 0 saturated carbocycles. The molecule has 0 aliphatic carbocycles. The first kappa shape index (κ1) is 11.8. The first-order chi connectivity index (χ1) is 9.20. The van der Waals surface area contributed by atoms with E-state index in [4.69, 9.17) is 9.47 Å². The third kappa shape index (κ3) is 1.87. The molecule has 1 aromatic carbocycles. The van der Waals surface area contributed by atoms with Crippen molar-refractivity contribution in [2.75, 3.05) is 7.11 Å². The predicted molar refractivity (Wildman–Crippen MR) is 66.6 cm³/mol. The lowest BCUT2D eigenvalue weighted by Gasteiger charge is -2.33. The zero-order valence-electron chi connectivity index (χ0n) is 10.4. The highest BCUT2D eigenvalue weighted by Gasteiger charge is 2.54. The normalized spacial score (nSPS) is 26.7. The van der Waals surface area contributed by atoms with Gasteiger partial charge in [0, 0.05) is 0 Å². The lowest BCUT2D eigenvalue weighted by Crippen LogP contribution is -2.55. The molecule has 5 heteroatoms. The smallest absolute Gasteiger partial charge is 0.336 e. The molecule has 2 saturated heterocycles. The Morgan fingerprint density at radius 3 is 2.79 bits per heavy atom. The van der Waals surface area contributed by atoms with Crippen molar-refractivity contribution in [3.8, 4) is 0 Å². The second-order valence-corrected chi connectivity index (χ2v) is 4.46. The minimum absolute atomic E-state index is 0.0862. The molecule has 0 N–H and O–H groups in total. The van der Waals surface area contributed by atoms with Crippen molar-refractivity contribution in [2.24, 2.45) is 0 Å². The maximum absolute atomic E-state index is 11.8. The number of esters is 1. The van der Waals surface area contributed by atoms with Crippen LogP contribution in [-0.2, 0) is 19.1 Å². The molecule has 1 amide bonds. The summed E-state index contributed by atoms with van der Waals surface area (Å²) in [5.41, 5.74) is 0.918. The third-order valence-corrected chi connectivity index (χ3v) is 3.30. The summed E-state index contributed by atoms with van der Waals surface area (Å²) in [6, 6.07) is 8.76. The van der Waals surface area contributed by atoms with Crippen LogP contribution in [0.4, 0.5) is 0 Å². The fraction of sp³-hybridized carbons (Fsp3) is 0.286. The van der Waals surface area contributed by atoms with Crippen LogP contribution in [-0.4, -0.2) is 36.2 Å². The maximum atomic E-state index is 11.8. The number of methoxy groups -OCH3 is 1. The summed E-state index contributed by atoms with van der Waals surface area (Å²) in [5.74, 6) is -0.0940. The van der Waals surface area contributed by atoms with Crippen molar-refractivity contribution in [3.63, 3.8) is 0 Å². The molecule has 2 aliphatic rings. The molecule has 3 rings (SSSR count). The first-order valence-electron chi connectivity index (χ1n) is 6.03. The van der Waals surface area contributed by atoms with Crippen molar-refractivity contribution < 1.29 is 19.1 Å². The average Bonchev–Trinajstić information content (AvgIpc) is 2.71. The van der Waals surface area contributed by atoms with Gasteiger partial charge in [-0.3, -0.25) is 9.69 Å². The van der Waals surface area contributed by atoms with E-state index in [9.17, 15) is 9.59 Å². The summed E-state index contributed by atoms with van der Waals surface area (Å²) < 4.78 is 10.4. The fourth-order valence-corrected chi connectivity index (χ4v) is 2.34. The van der Waals surface area contributed by atoms with Crippen LogP contribution in [0.5, 0.6) is 0 Å². The van der Waals surface area contributed by atoms with Gasteiger partial charge < -0.3 is 9.47 Å². The van der Waals surface area contributed by atoms with E-state index < -0.39 is 12.0 Å². The molecule has 5 nitrogen and oxygen atoms in total. The van der Waals surface area contributed by atoms with Crippen LogP contribution in [0.1, 0.15) is 12.0 Å². The van der Waals surface area contributed by atoms with Crippen molar-refractivity contribution in [1.82, 2.24) is 4.90 Å². The third-order valence-electron chi connectivity index (χ3n) is 3.30. The van der Waals surface area contributed by atoms with Gasteiger partial charge in [-0.05, 0) is 11.6 Å². The van der Waals surface area contributed by atoms with E-state index in [-0.39, 0.29) is 12.1 Å². The van der Waals surface area contributed by atoms with Gasteiger partial charge in [0.2, 0.25) is 5.91 Å². The maximum Gasteiger partial charge on any atom is 0.336 e. The summed E-state index contributed by atoms with van der Waals surface area (Å²) in [6.45, 7) is 0. The Balaban J connectivity index is 1.94. The Morgan fingerprint density at radius 1 is 1.42 bits per heavy atom. The van der Waals surface area contributed by atoms with E-state index in [1.165, 1.54) is 12.0 Å². The Labute approximate surface area is 110 Å². The molecule has 0 radical (unpaired) electrons. The van der Waals surface area contributed by atoms with Gasteiger partial charge in [0.15, 0.2) is 12.3 Å². The van der Waals surface area contributed by atoms with Crippen molar-refractivity contribution in [1.29, 1.82) is 0 Å². The summed E-state index contributed by atoms with van der Waals surface area (Å²) in [7, 11) is 1.31. The highest BCUT2D eigenvalue weighted by Crippen LogP contribution is 2.37. The van der Waals surface area contributed by atoms with Crippen LogP contribution >= 0.6 is 0 Å². The second kappa shape index (κ2) is 4.42. The van der Waals surface area contributed by atoms with E-state index in [0.717, 1.165) is 5.56 Å². The van der Waals surface area contributed by atoms with Gasteiger partial charge in [0.05, 0.1) is 13.5 Å². The van der Waals surface area contributed by atoms with Crippen LogP contribution in [0.2, 0.25) is 0 Å². The highest BCUT2D eigenvalue weighted by molar-refractivity contribution is 5.92. The highest BCUT2D eigenvalue weighted by atomic mass is 16.6. The predicted octanol–water partition coefficient (Wildman–Crippen LogP) is 1.16. The topological polar surface area (TPSA) is 55.8 Å². The number of amides is 1. The quantitative estimate of drug-likeness (QED) is 0.590. The first-order valence-corrected chi connectivity index (χ1v) is 6.03. The number of rotatable bonds is 2. The number of nitrogens with zero attached hydrogens (tertiary/aromatic N) is 1. The minimum atomic E-state index is -0.753. The van der Waals surface area contributed by atoms with Crippen molar-refractivity contribution >= 4 is 18.0 Å². The van der Waals surface area contributed by atoms with Gasteiger partial charge in [-0.15, -0.1) is 0 Å². The fourth-order valence-electron chi connectivity index (χ4n) is 2.34. The zero-order valence-corrected chi connectivity index (χ0v) is 10.4. The Bertz CT molecular complexity index is 552. The number of fused-ring (bicyclic) bond motifs is 1. The molecule has 19 heavy (non-hydrogen) atoms. The number of ether oxygens (including phenoxy) is 2. The summed E-state index contributed by atoms with van der Waals surface area (Å²) >= 11 is 0. The van der Waals surface area contributed by atoms with Crippen LogP contribution in [0, 0.1) is 0 Å². The number of hydrogen-bond donors (Lipinski definition) is 0. The minimum Gasteiger partial charge on any atom is -0.471 e. The van der Waals surface area contributed by atoms with Gasteiger partial charge in [-0.2, -0.15) is 0 Å². The van der Waals surface area contributed by atoms with Crippen molar-refractivity contribution in [2.45, 2.75) is 18.7 Å². The summed E-state index contributed by atoms with van der Waals surface area (Å²) in [5, 5.41) is 0. The molecule has 2 atom stereocenters. The molecule has 2 fully saturated rings. The molecule has 0 spiro atoms. The monoisotopic (exact) mass is 259 g/mol. The summed E-state index contributed by atoms with van der Waals surface area (Å²) in [6.07, 6.45) is 1.76.